The van der Waals surface area contributed by atoms with E-state index in [4.69, 9.17) is 9.84 Å². The summed E-state index contributed by atoms with van der Waals surface area (Å²) in [6, 6.07) is 7.37. The van der Waals surface area contributed by atoms with Gasteiger partial charge in [0.25, 0.3) is 0 Å². The third-order valence-electron chi connectivity index (χ3n) is 2.45. The van der Waals surface area contributed by atoms with Gasteiger partial charge in [0.2, 0.25) is 5.88 Å². The van der Waals surface area contributed by atoms with Gasteiger partial charge in [-0.25, -0.2) is 9.97 Å². The Morgan fingerprint density at radius 3 is 2.47 bits per heavy atom. The van der Waals surface area contributed by atoms with Crippen LogP contribution in [-0.4, -0.2) is 21.0 Å². The number of carbonyl (C=O) groups is 1. The number of hydrogen-bond acceptors (Lipinski definition) is 4. The molecule has 1 aromatic carbocycles. The second-order valence-electron chi connectivity index (χ2n) is 4.34. The third-order valence-corrected chi connectivity index (χ3v) is 2.45. The normalized spacial score (nSPS) is 10.2. The largest absolute Gasteiger partial charge is 0.481 e. The Morgan fingerprint density at radius 2 is 1.84 bits per heavy atom. The van der Waals surface area contributed by atoms with Gasteiger partial charge >= 0.3 is 5.97 Å². The van der Waals surface area contributed by atoms with Crippen molar-refractivity contribution in [3.63, 3.8) is 0 Å². The van der Waals surface area contributed by atoms with Gasteiger partial charge in [-0.2, -0.15) is 0 Å². The van der Waals surface area contributed by atoms with Crippen molar-refractivity contribution < 1.29 is 14.6 Å². The Balaban J connectivity index is 2.20. The van der Waals surface area contributed by atoms with Crippen LogP contribution in [0.25, 0.3) is 0 Å². The number of carboxylic acids is 1. The lowest BCUT2D eigenvalue weighted by molar-refractivity contribution is -0.136. The number of rotatable bonds is 4. The number of aryl methyl sites for hydroxylation is 2. The maximum Gasteiger partial charge on any atom is 0.309 e. The molecule has 0 aliphatic rings. The average Bonchev–Trinajstić information content (AvgIpc) is 2.26. The summed E-state index contributed by atoms with van der Waals surface area (Å²) in [6.45, 7) is 3.96. The first-order valence-electron chi connectivity index (χ1n) is 5.82. The molecule has 2 rings (SSSR count). The van der Waals surface area contributed by atoms with E-state index in [2.05, 4.69) is 9.97 Å². The van der Waals surface area contributed by atoms with Gasteiger partial charge in [-0.15, -0.1) is 0 Å². The fourth-order valence-electron chi connectivity index (χ4n) is 1.80. The minimum Gasteiger partial charge on any atom is -0.481 e. The highest BCUT2D eigenvalue weighted by atomic mass is 16.5. The molecule has 19 heavy (non-hydrogen) atoms. The van der Waals surface area contributed by atoms with E-state index in [-0.39, 0.29) is 6.42 Å². The van der Waals surface area contributed by atoms with Gasteiger partial charge in [-0.05, 0) is 37.1 Å². The number of benzene rings is 1. The van der Waals surface area contributed by atoms with Crippen LogP contribution in [0.5, 0.6) is 11.6 Å². The SMILES string of the molecule is Cc1cc(C)cc(Oc2cc(CC(=O)O)ncn2)c1. The molecule has 0 saturated heterocycles. The maximum absolute atomic E-state index is 10.6. The summed E-state index contributed by atoms with van der Waals surface area (Å²) in [6.07, 6.45) is 1.15. The van der Waals surface area contributed by atoms with Crippen molar-refractivity contribution in [2.24, 2.45) is 0 Å². The fraction of sp³-hybridized carbons (Fsp3) is 0.214. The molecule has 1 heterocycles. The van der Waals surface area contributed by atoms with Gasteiger partial charge < -0.3 is 9.84 Å². The molecule has 0 aliphatic carbocycles. The Kier molecular flexibility index (Phi) is 3.75. The Labute approximate surface area is 110 Å². The lowest BCUT2D eigenvalue weighted by Gasteiger charge is -2.07. The number of aromatic nitrogens is 2. The van der Waals surface area contributed by atoms with E-state index in [1.165, 1.54) is 12.4 Å². The Morgan fingerprint density at radius 1 is 1.16 bits per heavy atom. The number of carboxylic acid groups (broad SMARTS) is 1. The lowest BCUT2D eigenvalue weighted by Crippen LogP contribution is -2.03. The van der Waals surface area contributed by atoms with E-state index in [9.17, 15) is 4.79 Å². The predicted molar refractivity (Wildman–Crippen MR) is 69.4 cm³/mol. The lowest BCUT2D eigenvalue weighted by atomic mass is 10.1. The molecule has 0 atom stereocenters. The first-order valence-corrected chi connectivity index (χ1v) is 5.82. The molecular weight excluding hydrogens is 244 g/mol. The van der Waals surface area contributed by atoms with Crippen molar-refractivity contribution in [2.45, 2.75) is 20.3 Å². The maximum atomic E-state index is 10.6. The van der Waals surface area contributed by atoms with Gasteiger partial charge in [-0.3, -0.25) is 4.79 Å². The smallest absolute Gasteiger partial charge is 0.309 e. The van der Waals surface area contributed by atoms with Crippen LogP contribution >= 0.6 is 0 Å². The number of hydrogen-bond donors (Lipinski definition) is 1. The highest BCUT2D eigenvalue weighted by molar-refractivity contribution is 5.69. The zero-order chi connectivity index (χ0) is 13.8. The summed E-state index contributed by atoms with van der Waals surface area (Å²) in [7, 11) is 0. The monoisotopic (exact) mass is 258 g/mol. The van der Waals surface area contributed by atoms with Gasteiger partial charge in [0, 0.05) is 6.07 Å². The molecule has 2 aromatic rings. The molecule has 0 saturated carbocycles. The van der Waals surface area contributed by atoms with Crippen molar-refractivity contribution in [2.75, 3.05) is 0 Å². The van der Waals surface area contributed by atoms with Crippen LogP contribution in [-0.2, 0) is 11.2 Å². The summed E-state index contributed by atoms with van der Waals surface area (Å²) in [5, 5.41) is 8.72. The molecule has 98 valence electrons. The topological polar surface area (TPSA) is 72.3 Å². The van der Waals surface area contributed by atoms with E-state index in [0.29, 0.717) is 17.3 Å². The molecule has 0 spiro atoms. The van der Waals surface area contributed by atoms with Crippen molar-refractivity contribution in [1.82, 2.24) is 9.97 Å². The highest BCUT2D eigenvalue weighted by Gasteiger charge is 2.06. The van der Waals surface area contributed by atoms with E-state index >= 15 is 0 Å². The number of aliphatic carboxylic acids is 1. The number of ether oxygens (including phenoxy) is 1. The average molecular weight is 258 g/mol. The van der Waals surface area contributed by atoms with Crippen LogP contribution in [0.1, 0.15) is 16.8 Å². The minimum absolute atomic E-state index is 0.147. The summed E-state index contributed by atoms with van der Waals surface area (Å²) in [5.74, 6) is 0.0878. The van der Waals surface area contributed by atoms with Crippen LogP contribution in [0, 0.1) is 13.8 Å². The zero-order valence-corrected chi connectivity index (χ0v) is 10.8. The van der Waals surface area contributed by atoms with Crippen LogP contribution < -0.4 is 4.74 Å². The molecule has 5 heteroatoms. The highest BCUT2D eigenvalue weighted by Crippen LogP contribution is 2.22. The molecule has 0 amide bonds. The third kappa shape index (κ3) is 3.77. The Hall–Kier alpha value is -2.43. The molecule has 1 N–H and O–H groups in total. The van der Waals surface area contributed by atoms with Crippen LogP contribution in [0.4, 0.5) is 0 Å². The summed E-state index contributed by atoms with van der Waals surface area (Å²) in [4.78, 5) is 18.5. The van der Waals surface area contributed by atoms with Crippen molar-refractivity contribution in [3.05, 3.63) is 47.4 Å². The van der Waals surface area contributed by atoms with Crippen molar-refractivity contribution >= 4 is 5.97 Å². The second-order valence-corrected chi connectivity index (χ2v) is 4.34. The summed E-state index contributed by atoms with van der Waals surface area (Å²) >= 11 is 0. The minimum atomic E-state index is -0.934. The molecular formula is C14H14N2O3. The van der Waals surface area contributed by atoms with Crippen LogP contribution in [0.15, 0.2) is 30.6 Å². The molecule has 0 fully saturated rings. The van der Waals surface area contributed by atoms with Crippen LogP contribution in [0.2, 0.25) is 0 Å². The number of nitrogens with zero attached hydrogens (tertiary/aromatic N) is 2. The van der Waals surface area contributed by atoms with Crippen molar-refractivity contribution in [1.29, 1.82) is 0 Å². The molecule has 0 aliphatic heterocycles. The molecule has 1 aromatic heterocycles. The van der Waals surface area contributed by atoms with Crippen molar-refractivity contribution in [3.8, 4) is 11.6 Å². The van der Waals surface area contributed by atoms with Gasteiger partial charge in [-0.1, -0.05) is 6.07 Å². The van der Waals surface area contributed by atoms with Gasteiger partial charge in [0.15, 0.2) is 0 Å². The van der Waals surface area contributed by atoms with Gasteiger partial charge in [0.1, 0.15) is 12.1 Å². The molecule has 0 unspecified atom stereocenters. The van der Waals surface area contributed by atoms with Crippen LogP contribution in [0.3, 0.4) is 0 Å². The molecule has 0 bridgehead atoms. The van der Waals surface area contributed by atoms with E-state index in [1.807, 2.05) is 32.0 Å². The predicted octanol–water partition coefficient (Wildman–Crippen LogP) is 2.51. The quantitative estimate of drug-likeness (QED) is 0.912. The summed E-state index contributed by atoms with van der Waals surface area (Å²) < 4.78 is 5.62. The van der Waals surface area contributed by atoms with E-state index < -0.39 is 5.97 Å². The van der Waals surface area contributed by atoms with E-state index in [0.717, 1.165) is 11.1 Å². The molecule has 0 radical (unpaired) electrons. The summed E-state index contributed by atoms with van der Waals surface area (Å²) in [5.41, 5.74) is 2.60. The first-order chi connectivity index (χ1) is 9.02. The Bertz CT molecular complexity index is 591. The standard InChI is InChI=1S/C14H14N2O3/c1-9-3-10(2)5-12(4-9)19-13-6-11(7-14(17)18)15-8-16-13/h3-6,8H,7H2,1-2H3,(H,17,18). The fourth-order valence-corrected chi connectivity index (χ4v) is 1.80. The van der Waals surface area contributed by atoms with E-state index in [1.54, 1.807) is 0 Å². The zero-order valence-electron chi connectivity index (χ0n) is 10.8. The second kappa shape index (κ2) is 5.48. The van der Waals surface area contributed by atoms with Gasteiger partial charge in [0.05, 0.1) is 12.1 Å². The molecule has 5 nitrogen and oxygen atoms in total. The first kappa shape index (κ1) is 13.0.